The Balaban J connectivity index is 0.00000288. The molecule has 2 rings (SSSR count). The molecule has 1 aliphatic heterocycles. The van der Waals surface area contributed by atoms with Crippen LogP contribution in [0.2, 0.25) is 0 Å². The van der Waals surface area contributed by atoms with Gasteiger partial charge in [0, 0.05) is 24.7 Å². The maximum atomic E-state index is 12.5. The summed E-state index contributed by atoms with van der Waals surface area (Å²) >= 11 is 0. The molecule has 0 aliphatic carbocycles. The third-order valence-electron chi connectivity index (χ3n) is 4.36. The number of nitrogens with one attached hydrogen (secondary N) is 1. The third kappa shape index (κ3) is 5.49. The molecule has 1 unspecified atom stereocenters. The van der Waals surface area contributed by atoms with Crippen molar-refractivity contribution >= 4 is 24.2 Å². The highest BCUT2D eigenvalue weighted by Gasteiger charge is 2.25. The number of nitrogens with two attached hydrogens (primary N) is 1. The van der Waals surface area contributed by atoms with E-state index in [1.807, 2.05) is 43.0 Å². The number of hydrogen-bond acceptors (Lipinski definition) is 3. The summed E-state index contributed by atoms with van der Waals surface area (Å²) in [7, 11) is 0. The van der Waals surface area contributed by atoms with Crippen molar-refractivity contribution in [3.8, 4) is 0 Å². The minimum atomic E-state index is -0.424. The first-order valence-electron chi connectivity index (χ1n) is 8.43. The van der Waals surface area contributed by atoms with E-state index in [4.69, 9.17) is 5.73 Å². The van der Waals surface area contributed by atoms with Crippen molar-refractivity contribution in [2.24, 2.45) is 5.73 Å². The van der Waals surface area contributed by atoms with Gasteiger partial charge in [-0.25, -0.2) is 0 Å². The molecule has 3 N–H and O–H groups in total. The number of hydrogen-bond donors (Lipinski definition) is 2. The van der Waals surface area contributed by atoms with Gasteiger partial charge in [0.25, 0.3) is 5.91 Å². The van der Waals surface area contributed by atoms with E-state index >= 15 is 0 Å². The van der Waals surface area contributed by atoms with Gasteiger partial charge in [-0.2, -0.15) is 0 Å². The Bertz CT molecular complexity index is 540. The van der Waals surface area contributed by atoms with Gasteiger partial charge in [0.1, 0.15) is 0 Å². The van der Waals surface area contributed by atoms with E-state index in [-0.39, 0.29) is 30.3 Å². The van der Waals surface area contributed by atoms with E-state index in [9.17, 15) is 9.59 Å². The van der Waals surface area contributed by atoms with Crippen molar-refractivity contribution in [2.45, 2.75) is 51.6 Å². The van der Waals surface area contributed by atoms with Crippen LogP contribution in [0.25, 0.3) is 0 Å². The highest BCUT2D eigenvalue weighted by atomic mass is 35.5. The largest absolute Gasteiger partial charge is 0.352 e. The Morgan fingerprint density at radius 3 is 2.38 bits per heavy atom. The minimum absolute atomic E-state index is 0. The van der Waals surface area contributed by atoms with Gasteiger partial charge < -0.3 is 16.0 Å². The van der Waals surface area contributed by atoms with Gasteiger partial charge in [0.15, 0.2) is 0 Å². The van der Waals surface area contributed by atoms with E-state index in [0.717, 1.165) is 30.4 Å². The summed E-state index contributed by atoms with van der Waals surface area (Å²) in [6.45, 7) is 5.36. The normalized spacial score (nSPS) is 16.2. The second-order valence-electron chi connectivity index (χ2n) is 6.34. The van der Waals surface area contributed by atoms with Crippen LogP contribution < -0.4 is 11.1 Å². The standard InChI is InChI=1S/C18H27N3O2.ClH/c1-3-4-16(19)17(22)20-15-9-11-21(12-10-15)18(23)14-7-5-13(2)6-8-14;/h5-8,15-16H,3-4,9-12,19H2,1-2H3,(H,20,22);1H. The average molecular weight is 354 g/mol. The fraction of sp³-hybridized carbons (Fsp3) is 0.556. The van der Waals surface area contributed by atoms with Crippen molar-refractivity contribution in [3.63, 3.8) is 0 Å². The molecule has 5 nitrogen and oxygen atoms in total. The summed E-state index contributed by atoms with van der Waals surface area (Å²) in [5.74, 6) is -0.00683. The quantitative estimate of drug-likeness (QED) is 0.852. The average Bonchev–Trinajstić information content (AvgIpc) is 2.56. The maximum Gasteiger partial charge on any atom is 0.253 e. The molecule has 1 aliphatic rings. The van der Waals surface area contributed by atoms with E-state index in [1.165, 1.54) is 0 Å². The van der Waals surface area contributed by atoms with Gasteiger partial charge in [0.2, 0.25) is 5.91 Å². The number of amides is 2. The number of carbonyl (C=O) groups excluding carboxylic acids is 2. The van der Waals surface area contributed by atoms with Crippen LogP contribution in [0, 0.1) is 6.92 Å². The molecule has 1 aromatic carbocycles. The smallest absolute Gasteiger partial charge is 0.253 e. The van der Waals surface area contributed by atoms with Crippen LogP contribution in [0.1, 0.15) is 48.5 Å². The second-order valence-corrected chi connectivity index (χ2v) is 6.34. The minimum Gasteiger partial charge on any atom is -0.352 e. The van der Waals surface area contributed by atoms with Crippen molar-refractivity contribution in [1.82, 2.24) is 10.2 Å². The Morgan fingerprint density at radius 1 is 1.25 bits per heavy atom. The lowest BCUT2D eigenvalue weighted by molar-refractivity contribution is -0.123. The van der Waals surface area contributed by atoms with Gasteiger partial charge in [-0.3, -0.25) is 9.59 Å². The number of likely N-dealkylation sites (tertiary alicyclic amines) is 1. The molecule has 1 aromatic rings. The molecule has 2 amide bonds. The van der Waals surface area contributed by atoms with Gasteiger partial charge >= 0.3 is 0 Å². The van der Waals surface area contributed by atoms with Crippen molar-refractivity contribution in [1.29, 1.82) is 0 Å². The van der Waals surface area contributed by atoms with Crippen LogP contribution in [0.3, 0.4) is 0 Å². The fourth-order valence-corrected chi connectivity index (χ4v) is 2.86. The summed E-state index contributed by atoms with van der Waals surface area (Å²) in [6.07, 6.45) is 3.17. The van der Waals surface area contributed by atoms with Gasteiger partial charge in [-0.05, 0) is 38.3 Å². The first-order chi connectivity index (χ1) is 11.0. The number of halogens is 1. The lowest BCUT2D eigenvalue weighted by atomic mass is 10.0. The monoisotopic (exact) mass is 353 g/mol. The molecule has 0 saturated carbocycles. The highest BCUT2D eigenvalue weighted by molar-refractivity contribution is 5.94. The Hall–Kier alpha value is -1.59. The zero-order chi connectivity index (χ0) is 16.8. The summed E-state index contributed by atoms with van der Waals surface area (Å²) in [5.41, 5.74) is 7.70. The summed E-state index contributed by atoms with van der Waals surface area (Å²) < 4.78 is 0. The molecular formula is C18H28ClN3O2. The SMILES string of the molecule is CCCC(N)C(=O)NC1CCN(C(=O)c2ccc(C)cc2)CC1.Cl. The summed E-state index contributed by atoms with van der Waals surface area (Å²) in [4.78, 5) is 26.3. The first-order valence-corrected chi connectivity index (χ1v) is 8.43. The molecule has 1 saturated heterocycles. The fourth-order valence-electron chi connectivity index (χ4n) is 2.86. The molecule has 24 heavy (non-hydrogen) atoms. The number of benzene rings is 1. The molecule has 0 bridgehead atoms. The molecule has 1 atom stereocenters. The highest BCUT2D eigenvalue weighted by Crippen LogP contribution is 2.15. The molecule has 1 heterocycles. The van der Waals surface area contributed by atoms with E-state index in [0.29, 0.717) is 19.5 Å². The predicted octanol–water partition coefficient (Wildman–Crippen LogP) is 2.27. The van der Waals surface area contributed by atoms with E-state index in [1.54, 1.807) is 0 Å². The second kappa shape index (κ2) is 9.64. The zero-order valence-electron chi connectivity index (χ0n) is 14.5. The van der Waals surface area contributed by atoms with Crippen molar-refractivity contribution in [3.05, 3.63) is 35.4 Å². The molecule has 0 aromatic heterocycles. The number of carbonyl (C=O) groups is 2. The molecule has 0 radical (unpaired) electrons. The summed E-state index contributed by atoms with van der Waals surface area (Å²) in [6, 6.07) is 7.34. The predicted molar refractivity (Wildman–Crippen MR) is 98.4 cm³/mol. The number of nitrogens with zero attached hydrogens (tertiary/aromatic N) is 1. The summed E-state index contributed by atoms with van der Waals surface area (Å²) in [5, 5.41) is 3.01. The maximum absolute atomic E-state index is 12.5. The van der Waals surface area contributed by atoms with Gasteiger partial charge in [-0.15, -0.1) is 12.4 Å². The number of aryl methyl sites for hydroxylation is 1. The lowest BCUT2D eigenvalue weighted by Crippen LogP contribution is -2.50. The number of rotatable bonds is 5. The topological polar surface area (TPSA) is 75.4 Å². The van der Waals surface area contributed by atoms with Crippen molar-refractivity contribution < 1.29 is 9.59 Å². The Kier molecular flexibility index (Phi) is 8.22. The molecular weight excluding hydrogens is 326 g/mol. The van der Waals surface area contributed by atoms with Gasteiger partial charge in [0.05, 0.1) is 6.04 Å². The molecule has 1 fully saturated rings. The van der Waals surface area contributed by atoms with E-state index in [2.05, 4.69) is 5.32 Å². The number of piperidine rings is 1. The Morgan fingerprint density at radius 2 is 1.83 bits per heavy atom. The third-order valence-corrected chi connectivity index (χ3v) is 4.36. The van der Waals surface area contributed by atoms with Gasteiger partial charge in [-0.1, -0.05) is 31.0 Å². The molecule has 6 heteroatoms. The molecule has 0 spiro atoms. The van der Waals surface area contributed by atoms with Crippen LogP contribution in [0.15, 0.2) is 24.3 Å². The van der Waals surface area contributed by atoms with Crippen LogP contribution in [0.5, 0.6) is 0 Å². The Labute approximate surface area is 150 Å². The van der Waals surface area contributed by atoms with Crippen molar-refractivity contribution in [2.75, 3.05) is 13.1 Å². The van der Waals surface area contributed by atoms with Crippen LogP contribution in [-0.2, 0) is 4.79 Å². The zero-order valence-corrected chi connectivity index (χ0v) is 15.3. The van der Waals surface area contributed by atoms with Crippen LogP contribution >= 0.6 is 12.4 Å². The molecule has 134 valence electrons. The first kappa shape index (κ1) is 20.5. The van der Waals surface area contributed by atoms with Crippen LogP contribution in [-0.4, -0.2) is 41.9 Å². The lowest BCUT2D eigenvalue weighted by Gasteiger charge is -2.33. The van der Waals surface area contributed by atoms with E-state index < -0.39 is 6.04 Å². The van der Waals surface area contributed by atoms with Crippen LogP contribution in [0.4, 0.5) is 0 Å².